The van der Waals surface area contributed by atoms with Crippen LogP contribution in [0.1, 0.15) is 33.1 Å². The SMILES string of the molecule is [2H]C([2H])([2H])NC(=O)c1nnc(NC(=O)C2CC2)cc1Nc1cccc(-n2ncc(C)n2)c1OC. The quantitative estimate of drug-likeness (QED) is 0.522. The molecule has 3 aromatic rings. The van der Waals surface area contributed by atoms with E-state index in [0.717, 1.165) is 12.8 Å². The third-order valence-electron chi connectivity index (χ3n) is 4.61. The summed E-state index contributed by atoms with van der Waals surface area (Å²) in [6.45, 7) is -0.926. The van der Waals surface area contributed by atoms with E-state index in [1.807, 2.05) is 5.32 Å². The molecule has 31 heavy (non-hydrogen) atoms. The summed E-state index contributed by atoms with van der Waals surface area (Å²) in [4.78, 5) is 26.2. The van der Waals surface area contributed by atoms with Crippen molar-refractivity contribution in [3.05, 3.63) is 41.9 Å². The monoisotopic (exact) mass is 425 g/mol. The largest absolute Gasteiger partial charge is 0.492 e. The van der Waals surface area contributed by atoms with Gasteiger partial charge in [0.15, 0.2) is 17.3 Å². The molecule has 0 atom stereocenters. The van der Waals surface area contributed by atoms with E-state index >= 15 is 0 Å². The summed E-state index contributed by atoms with van der Waals surface area (Å²) in [7, 11) is 1.47. The summed E-state index contributed by atoms with van der Waals surface area (Å²) in [5.41, 5.74) is 1.49. The molecule has 2 heterocycles. The Balaban J connectivity index is 1.72. The van der Waals surface area contributed by atoms with Gasteiger partial charge in [0.05, 0.1) is 30.4 Å². The number of nitrogens with one attached hydrogen (secondary N) is 3. The number of nitrogens with zero attached hydrogens (tertiary/aromatic N) is 5. The van der Waals surface area contributed by atoms with Gasteiger partial charge in [0.1, 0.15) is 5.69 Å². The lowest BCUT2D eigenvalue weighted by Gasteiger charge is -2.16. The highest BCUT2D eigenvalue weighted by Gasteiger charge is 2.30. The number of rotatable bonds is 7. The van der Waals surface area contributed by atoms with Crippen LogP contribution >= 0.6 is 0 Å². The fourth-order valence-electron chi connectivity index (χ4n) is 2.94. The molecule has 4 rings (SSSR count). The van der Waals surface area contributed by atoms with Crippen LogP contribution in [0.3, 0.4) is 0 Å². The summed E-state index contributed by atoms with van der Waals surface area (Å²) in [6.07, 6.45) is 3.20. The molecule has 11 heteroatoms. The topological polar surface area (TPSA) is 136 Å². The highest BCUT2D eigenvalue weighted by molar-refractivity contribution is 5.99. The van der Waals surface area contributed by atoms with Crippen LogP contribution < -0.4 is 20.7 Å². The van der Waals surface area contributed by atoms with Gasteiger partial charge in [-0.15, -0.1) is 15.0 Å². The zero-order chi connectivity index (χ0) is 24.5. The molecule has 2 aromatic heterocycles. The maximum Gasteiger partial charge on any atom is 0.273 e. The number of hydrogen-bond acceptors (Lipinski definition) is 8. The molecule has 3 N–H and O–H groups in total. The predicted octanol–water partition coefficient (Wildman–Crippen LogP) is 1.83. The molecule has 0 spiro atoms. The number of aryl methyl sites for hydroxylation is 1. The maximum absolute atomic E-state index is 12.6. The van der Waals surface area contributed by atoms with E-state index in [-0.39, 0.29) is 29.0 Å². The van der Waals surface area contributed by atoms with Gasteiger partial charge in [-0.05, 0) is 31.9 Å². The van der Waals surface area contributed by atoms with Crippen LogP contribution in [0.5, 0.6) is 5.75 Å². The highest BCUT2D eigenvalue weighted by Crippen LogP contribution is 2.35. The average Bonchev–Trinajstić information content (AvgIpc) is 3.53. The van der Waals surface area contributed by atoms with Crippen LogP contribution in [0.15, 0.2) is 30.5 Å². The van der Waals surface area contributed by atoms with Gasteiger partial charge >= 0.3 is 0 Å². The minimum absolute atomic E-state index is 0.0708. The van der Waals surface area contributed by atoms with E-state index < -0.39 is 12.9 Å². The number of methoxy groups -OCH3 is 1. The first-order valence-corrected chi connectivity index (χ1v) is 9.49. The lowest BCUT2D eigenvalue weighted by Crippen LogP contribution is -2.22. The number of benzene rings is 1. The Hall–Kier alpha value is -4.02. The van der Waals surface area contributed by atoms with Crippen LogP contribution in [0.25, 0.3) is 5.69 Å². The van der Waals surface area contributed by atoms with Gasteiger partial charge in [0.25, 0.3) is 5.91 Å². The van der Waals surface area contributed by atoms with Crippen molar-refractivity contribution < 1.29 is 18.4 Å². The number of carbonyl (C=O) groups is 2. The van der Waals surface area contributed by atoms with Gasteiger partial charge in [0, 0.05) is 23.1 Å². The molecular weight excluding hydrogens is 400 g/mol. The first-order valence-electron chi connectivity index (χ1n) is 11.0. The number of para-hydroxylation sites is 1. The van der Waals surface area contributed by atoms with Crippen molar-refractivity contribution in [2.45, 2.75) is 19.8 Å². The molecule has 0 saturated heterocycles. The van der Waals surface area contributed by atoms with E-state index in [4.69, 9.17) is 8.85 Å². The van der Waals surface area contributed by atoms with Crippen LogP contribution in [0.4, 0.5) is 17.2 Å². The van der Waals surface area contributed by atoms with Gasteiger partial charge < -0.3 is 20.7 Å². The van der Waals surface area contributed by atoms with Crippen molar-refractivity contribution in [3.63, 3.8) is 0 Å². The molecule has 0 bridgehead atoms. The summed E-state index contributed by atoms with van der Waals surface area (Å²) < 4.78 is 27.5. The number of ether oxygens (including phenoxy) is 1. The fraction of sp³-hybridized carbons (Fsp3) is 0.300. The van der Waals surface area contributed by atoms with Crippen molar-refractivity contribution >= 4 is 29.0 Å². The summed E-state index contributed by atoms with van der Waals surface area (Å²) in [5, 5.41) is 23.8. The van der Waals surface area contributed by atoms with Gasteiger partial charge in [0.2, 0.25) is 5.91 Å². The first-order chi connectivity index (χ1) is 16.1. The fourth-order valence-corrected chi connectivity index (χ4v) is 2.94. The molecule has 11 nitrogen and oxygen atoms in total. The molecule has 1 fully saturated rings. The molecular formula is C20H22N8O3. The molecule has 0 radical (unpaired) electrons. The van der Waals surface area contributed by atoms with Crippen molar-refractivity contribution in [3.8, 4) is 11.4 Å². The predicted molar refractivity (Wildman–Crippen MR) is 113 cm³/mol. The van der Waals surface area contributed by atoms with Gasteiger partial charge in [-0.25, -0.2) is 0 Å². The van der Waals surface area contributed by atoms with Crippen molar-refractivity contribution in [2.24, 2.45) is 5.92 Å². The zero-order valence-electron chi connectivity index (χ0n) is 19.8. The second-order valence-electron chi connectivity index (χ2n) is 6.97. The van der Waals surface area contributed by atoms with Crippen molar-refractivity contribution in [1.82, 2.24) is 30.5 Å². The van der Waals surface area contributed by atoms with Crippen LogP contribution in [-0.4, -0.2) is 51.1 Å². The van der Waals surface area contributed by atoms with Crippen molar-refractivity contribution in [2.75, 3.05) is 24.7 Å². The van der Waals surface area contributed by atoms with E-state index in [0.29, 0.717) is 22.8 Å². The maximum atomic E-state index is 12.6. The molecule has 0 unspecified atom stereocenters. The normalized spacial score (nSPS) is 14.7. The molecule has 1 aliphatic carbocycles. The van der Waals surface area contributed by atoms with Gasteiger partial charge in [-0.1, -0.05) is 6.07 Å². The van der Waals surface area contributed by atoms with Crippen LogP contribution in [0.2, 0.25) is 0 Å². The highest BCUT2D eigenvalue weighted by atomic mass is 16.5. The molecule has 160 valence electrons. The second-order valence-corrected chi connectivity index (χ2v) is 6.97. The molecule has 2 amide bonds. The third-order valence-corrected chi connectivity index (χ3v) is 4.61. The first kappa shape index (κ1) is 16.7. The number of aromatic nitrogens is 5. The minimum Gasteiger partial charge on any atom is -0.492 e. The smallest absolute Gasteiger partial charge is 0.273 e. The Kier molecular flexibility index (Phi) is 4.53. The Morgan fingerprint density at radius 3 is 2.77 bits per heavy atom. The van der Waals surface area contributed by atoms with E-state index in [2.05, 4.69) is 31.0 Å². The number of carbonyl (C=O) groups excluding carboxylic acids is 2. The summed E-state index contributed by atoms with van der Waals surface area (Å²) >= 11 is 0. The Labute approximate surface area is 182 Å². The third kappa shape index (κ3) is 4.29. The van der Waals surface area contributed by atoms with Crippen LogP contribution in [0, 0.1) is 12.8 Å². The van der Waals surface area contributed by atoms with Crippen LogP contribution in [-0.2, 0) is 4.79 Å². The van der Waals surface area contributed by atoms with Crippen molar-refractivity contribution in [1.29, 1.82) is 0 Å². The molecule has 1 aliphatic rings. The summed E-state index contributed by atoms with van der Waals surface area (Å²) in [6, 6.07) is 6.57. The molecule has 1 saturated carbocycles. The standard InChI is InChI=1S/C20H22N8O3/c1-11-10-22-28(27-11)15-6-4-5-13(18(15)31-3)23-14-9-16(24-19(29)12-7-8-12)25-26-17(14)20(30)21-2/h4-6,9-10,12H,7-8H2,1-3H3,(H,21,30)(H2,23,24,25,29)/i2D3. The lowest BCUT2D eigenvalue weighted by atomic mass is 10.2. The molecule has 1 aromatic carbocycles. The Morgan fingerprint density at radius 2 is 2.10 bits per heavy atom. The van der Waals surface area contributed by atoms with E-state index in [1.54, 1.807) is 31.3 Å². The minimum atomic E-state index is -2.73. The number of amides is 2. The number of anilines is 3. The second kappa shape index (κ2) is 8.38. The average molecular weight is 425 g/mol. The Morgan fingerprint density at radius 1 is 1.26 bits per heavy atom. The number of hydrogen-bond donors (Lipinski definition) is 3. The van der Waals surface area contributed by atoms with Gasteiger partial charge in [-0.3, -0.25) is 9.59 Å². The zero-order valence-corrected chi connectivity index (χ0v) is 16.8. The van der Waals surface area contributed by atoms with E-state index in [1.165, 1.54) is 18.0 Å². The molecule has 0 aliphatic heterocycles. The van der Waals surface area contributed by atoms with E-state index in [9.17, 15) is 9.59 Å². The lowest BCUT2D eigenvalue weighted by molar-refractivity contribution is -0.117. The summed E-state index contributed by atoms with van der Waals surface area (Å²) in [5.74, 6) is -0.752. The van der Waals surface area contributed by atoms with Gasteiger partial charge in [-0.2, -0.15) is 10.2 Å². The Bertz CT molecular complexity index is 1240.